The molecule has 1 amide bonds. The van der Waals surface area contributed by atoms with Gasteiger partial charge in [0.25, 0.3) is 0 Å². The zero-order valence-corrected chi connectivity index (χ0v) is 24.2. The molecular weight excluding hydrogens is 579 g/mol. The van der Waals surface area contributed by atoms with Gasteiger partial charge in [-0.05, 0) is 43.2 Å². The number of furan rings is 1. The van der Waals surface area contributed by atoms with Crippen molar-refractivity contribution in [2.75, 3.05) is 55.2 Å². The van der Waals surface area contributed by atoms with Crippen LogP contribution >= 0.6 is 0 Å². The van der Waals surface area contributed by atoms with E-state index in [9.17, 15) is 14.0 Å². The van der Waals surface area contributed by atoms with Crippen LogP contribution in [0, 0.1) is 11.6 Å². The van der Waals surface area contributed by atoms with Gasteiger partial charge in [-0.2, -0.15) is 0 Å². The van der Waals surface area contributed by atoms with E-state index in [1.165, 1.54) is 27.5 Å². The zero-order chi connectivity index (χ0) is 31.5. The summed E-state index contributed by atoms with van der Waals surface area (Å²) in [4.78, 5) is 32.1. The van der Waals surface area contributed by atoms with E-state index in [2.05, 4.69) is 27.5 Å². The first-order valence-corrected chi connectivity index (χ1v) is 13.7. The summed E-state index contributed by atoms with van der Waals surface area (Å²) in [6, 6.07) is 7.97. The number of halogens is 3. The van der Waals surface area contributed by atoms with E-state index in [0.29, 0.717) is 48.5 Å². The maximum Gasteiger partial charge on any atom is 0.247 e. The number of hydrogen-bond donors (Lipinski definition) is 3. The highest BCUT2D eigenvalue weighted by Gasteiger charge is 2.31. The van der Waals surface area contributed by atoms with Crippen LogP contribution < -0.4 is 30.3 Å². The van der Waals surface area contributed by atoms with Crippen LogP contribution in [-0.2, 0) is 4.79 Å². The van der Waals surface area contributed by atoms with Crippen LogP contribution in [0.4, 0.5) is 41.7 Å². The predicted molar refractivity (Wildman–Crippen MR) is 161 cm³/mol. The first-order chi connectivity index (χ1) is 21.2. The Balaban J connectivity index is 1.51. The Kier molecular flexibility index (Phi) is 8.65. The molecule has 1 aliphatic rings. The number of alkyl halides is 1. The van der Waals surface area contributed by atoms with Crippen LogP contribution in [0.3, 0.4) is 0 Å². The number of amides is 1. The van der Waals surface area contributed by atoms with Crippen LogP contribution in [0.1, 0.15) is 29.0 Å². The molecule has 0 spiro atoms. The third-order valence-corrected chi connectivity index (χ3v) is 7.33. The van der Waals surface area contributed by atoms with Crippen LogP contribution in [0.25, 0.3) is 11.0 Å². The minimum Gasteiger partial charge on any atom is -0.494 e. The minimum atomic E-state index is -1.20. The molecule has 1 aliphatic heterocycles. The van der Waals surface area contributed by atoms with Gasteiger partial charge in [0.2, 0.25) is 11.7 Å². The molecule has 0 atom stereocenters. The highest BCUT2D eigenvalue weighted by Crippen LogP contribution is 2.38. The molecule has 1 saturated heterocycles. The summed E-state index contributed by atoms with van der Waals surface area (Å²) in [7, 11) is 3.89. The van der Waals surface area contributed by atoms with E-state index in [1.807, 2.05) is 11.0 Å². The summed E-state index contributed by atoms with van der Waals surface area (Å²) < 4.78 is 59.6. The number of fused-ring (bicyclic) bond motifs is 1. The van der Waals surface area contributed by atoms with E-state index >= 15 is 8.78 Å². The van der Waals surface area contributed by atoms with Gasteiger partial charge >= 0.3 is 0 Å². The number of carbonyl (C=O) groups excluding carboxylic acids is 2. The number of nitrogens with one attached hydrogen (secondary N) is 3. The lowest BCUT2D eigenvalue weighted by Crippen LogP contribution is -2.34. The van der Waals surface area contributed by atoms with Crippen LogP contribution in [0.2, 0.25) is 0 Å². The SMILES string of the molecule is C=CC(=O)Nc1cc(N2CCC(F)CC2)ccc1Nc1cc2c(NC)c(C(=O)c3c(F)c(OC)cc(OC)c3F)oc2cn1. The standard InChI is InChI=1S/C31H30F3N5O5/c1-5-25(40)38-20-12-17(39-10-8-16(32)9-11-39)6-7-19(20)37-24-13-18-23(15-36-24)44-31(29(18)35-2)30(41)26-27(33)21(42-3)14-22(43-4)28(26)34/h5-7,12-16,35H,1,8-11H2,2-4H3,(H,36,37)(H,38,40). The Morgan fingerprint density at radius 3 is 2.36 bits per heavy atom. The summed E-state index contributed by atoms with van der Waals surface area (Å²) >= 11 is 0. The second-order valence-electron chi connectivity index (χ2n) is 9.95. The Bertz CT molecular complexity index is 1720. The smallest absolute Gasteiger partial charge is 0.247 e. The molecule has 3 N–H and O–H groups in total. The lowest BCUT2D eigenvalue weighted by molar-refractivity contribution is -0.111. The van der Waals surface area contributed by atoms with Gasteiger partial charge in [-0.3, -0.25) is 9.59 Å². The lowest BCUT2D eigenvalue weighted by atomic mass is 10.0. The second-order valence-corrected chi connectivity index (χ2v) is 9.95. The predicted octanol–water partition coefficient (Wildman–Crippen LogP) is 6.20. The number of ether oxygens (including phenoxy) is 2. The molecule has 0 saturated carbocycles. The van der Waals surface area contributed by atoms with E-state index in [1.54, 1.807) is 18.2 Å². The zero-order valence-electron chi connectivity index (χ0n) is 24.2. The Morgan fingerprint density at radius 2 is 1.75 bits per heavy atom. The average molecular weight is 610 g/mol. The number of ketones is 1. The summed E-state index contributed by atoms with van der Waals surface area (Å²) in [5.74, 6) is -4.70. The molecule has 1 fully saturated rings. The Labute approximate surface area is 250 Å². The summed E-state index contributed by atoms with van der Waals surface area (Å²) in [5, 5.41) is 9.20. The first-order valence-electron chi connectivity index (χ1n) is 13.7. The van der Waals surface area contributed by atoms with Crippen molar-refractivity contribution in [3.05, 3.63) is 72.1 Å². The lowest BCUT2D eigenvalue weighted by Gasteiger charge is -2.31. The van der Waals surface area contributed by atoms with E-state index < -0.39 is 35.1 Å². The van der Waals surface area contributed by atoms with Crippen LogP contribution in [0.5, 0.6) is 11.5 Å². The number of aromatic nitrogens is 1. The molecule has 0 unspecified atom stereocenters. The van der Waals surface area contributed by atoms with Gasteiger partial charge in [-0.1, -0.05) is 6.58 Å². The average Bonchev–Trinajstić information content (AvgIpc) is 3.40. The van der Waals surface area contributed by atoms with Crippen molar-refractivity contribution in [2.24, 2.45) is 0 Å². The highest BCUT2D eigenvalue weighted by atomic mass is 19.1. The number of rotatable bonds is 10. The molecule has 3 heterocycles. The quantitative estimate of drug-likeness (QED) is 0.143. The highest BCUT2D eigenvalue weighted by molar-refractivity contribution is 6.15. The molecule has 0 bridgehead atoms. The number of piperidine rings is 1. The molecule has 5 rings (SSSR count). The van der Waals surface area contributed by atoms with Gasteiger partial charge < -0.3 is 34.7 Å². The number of carbonyl (C=O) groups is 2. The topological polar surface area (TPSA) is 118 Å². The molecule has 10 nitrogen and oxygen atoms in total. The number of nitrogens with zero attached hydrogens (tertiary/aromatic N) is 2. The Morgan fingerprint density at radius 1 is 1.07 bits per heavy atom. The van der Waals surface area contributed by atoms with E-state index in [-0.39, 0.29) is 28.5 Å². The molecule has 0 aliphatic carbocycles. The number of benzene rings is 2. The molecule has 4 aromatic rings. The van der Waals surface area contributed by atoms with E-state index in [0.717, 1.165) is 17.8 Å². The minimum absolute atomic E-state index is 0.169. The fourth-order valence-corrected chi connectivity index (χ4v) is 5.05. The van der Waals surface area contributed by atoms with Crippen molar-refractivity contribution < 1.29 is 36.7 Å². The third kappa shape index (κ3) is 5.72. The normalized spacial score (nSPS) is 13.5. The largest absolute Gasteiger partial charge is 0.494 e. The van der Waals surface area contributed by atoms with Crippen molar-refractivity contribution in [1.82, 2.24) is 4.98 Å². The molecule has 2 aromatic carbocycles. The first kappa shape index (κ1) is 30.3. The van der Waals surface area contributed by atoms with Gasteiger partial charge in [0.1, 0.15) is 17.6 Å². The van der Waals surface area contributed by atoms with Gasteiger partial charge in [0, 0.05) is 37.3 Å². The molecule has 230 valence electrons. The van der Waals surface area contributed by atoms with Crippen LogP contribution in [0.15, 0.2) is 53.6 Å². The maximum absolute atomic E-state index is 15.1. The van der Waals surface area contributed by atoms with Crippen molar-refractivity contribution in [3.63, 3.8) is 0 Å². The molecule has 0 radical (unpaired) electrons. The summed E-state index contributed by atoms with van der Waals surface area (Å²) in [5.41, 5.74) is 1.19. The molecular formula is C31H30F3N5O5. The molecule has 44 heavy (non-hydrogen) atoms. The van der Waals surface area contributed by atoms with Gasteiger partial charge in [0.05, 0.1) is 37.5 Å². The summed E-state index contributed by atoms with van der Waals surface area (Å²) in [6.45, 7) is 4.60. The van der Waals surface area contributed by atoms with Gasteiger partial charge in [-0.15, -0.1) is 0 Å². The van der Waals surface area contributed by atoms with Crippen molar-refractivity contribution in [3.8, 4) is 11.5 Å². The van der Waals surface area contributed by atoms with Gasteiger partial charge in [0.15, 0.2) is 34.5 Å². The number of hydrogen-bond acceptors (Lipinski definition) is 9. The molecule has 2 aromatic heterocycles. The van der Waals surface area contributed by atoms with E-state index in [4.69, 9.17) is 13.9 Å². The third-order valence-electron chi connectivity index (χ3n) is 7.33. The fourth-order valence-electron chi connectivity index (χ4n) is 5.05. The number of anilines is 5. The van der Waals surface area contributed by atoms with Crippen molar-refractivity contribution in [2.45, 2.75) is 19.0 Å². The fraction of sp³-hybridized carbons (Fsp3) is 0.258. The number of pyridine rings is 1. The number of methoxy groups -OCH3 is 2. The summed E-state index contributed by atoms with van der Waals surface area (Å²) in [6.07, 6.45) is 2.51. The second kappa shape index (κ2) is 12.6. The monoisotopic (exact) mass is 609 g/mol. The van der Waals surface area contributed by atoms with Crippen LogP contribution in [-0.4, -0.2) is 57.2 Å². The Hall–Kier alpha value is -5.20. The molecule has 13 heteroatoms. The van der Waals surface area contributed by atoms with Gasteiger partial charge in [-0.25, -0.2) is 18.2 Å². The van der Waals surface area contributed by atoms with Crippen molar-refractivity contribution in [1.29, 1.82) is 0 Å². The van der Waals surface area contributed by atoms with Crippen molar-refractivity contribution >= 4 is 51.2 Å². The maximum atomic E-state index is 15.1.